The van der Waals surface area contributed by atoms with Crippen LogP contribution < -0.4 is 5.32 Å². The number of rotatable bonds is 6. The van der Waals surface area contributed by atoms with Crippen LogP contribution in [-0.2, 0) is 9.53 Å². The molecule has 2 amide bonds. The Hall–Kier alpha value is -2.09. The van der Waals surface area contributed by atoms with Gasteiger partial charge < -0.3 is 15.0 Å². The van der Waals surface area contributed by atoms with Crippen LogP contribution in [0.1, 0.15) is 25.5 Å². The number of ether oxygens (including phenoxy) is 1. The molecule has 7 nitrogen and oxygen atoms in total. The van der Waals surface area contributed by atoms with Crippen molar-refractivity contribution in [1.82, 2.24) is 20.0 Å². The number of halogens is 1. The van der Waals surface area contributed by atoms with Gasteiger partial charge in [0, 0.05) is 50.5 Å². The summed E-state index contributed by atoms with van der Waals surface area (Å²) in [7, 11) is 1.69. The molecular weight excluding hydrogens is 392 g/mol. The van der Waals surface area contributed by atoms with E-state index in [1.165, 1.54) is 4.90 Å². The fourth-order valence-corrected chi connectivity index (χ4v) is 4.06. The predicted molar refractivity (Wildman–Crippen MR) is 113 cm³/mol. The molecule has 1 aromatic rings. The molecule has 0 aliphatic carbocycles. The van der Waals surface area contributed by atoms with E-state index in [2.05, 4.69) is 22.0 Å². The number of nitrogens with one attached hydrogen (secondary N) is 1. The summed E-state index contributed by atoms with van der Waals surface area (Å²) < 4.78 is 5.37. The SMILES string of the molecule is CCOC(=O)C1=C(CN2CCN(CC)CC2)N(C)C(=O)N[C@@H]1c1ccccc1Cl. The van der Waals surface area contributed by atoms with Crippen LogP contribution in [0.3, 0.4) is 0 Å². The summed E-state index contributed by atoms with van der Waals surface area (Å²) in [6, 6.07) is 6.36. The summed E-state index contributed by atoms with van der Waals surface area (Å²) in [4.78, 5) is 31.9. The molecule has 1 N–H and O–H groups in total. The van der Waals surface area contributed by atoms with Crippen LogP contribution in [0.15, 0.2) is 35.5 Å². The van der Waals surface area contributed by atoms with E-state index in [9.17, 15) is 9.59 Å². The van der Waals surface area contributed by atoms with Gasteiger partial charge in [-0.25, -0.2) is 9.59 Å². The molecule has 158 valence electrons. The second kappa shape index (κ2) is 9.61. The molecule has 0 bridgehead atoms. The van der Waals surface area contributed by atoms with Gasteiger partial charge in [-0.15, -0.1) is 0 Å². The number of hydrogen-bond donors (Lipinski definition) is 1. The topological polar surface area (TPSA) is 65.1 Å². The van der Waals surface area contributed by atoms with Crippen molar-refractivity contribution in [3.63, 3.8) is 0 Å². The van der Waals surface area contributed by atoms with Crippen molar-refractivity contribution in [2.24, 2.45) is 0 Å². The van der Waals surface area contributed by atoms with Crippen molar-refractivity contribution in [3.8, 4) is 0 Å². The van der Waals surface area contributed by atoms with E-state index in [-0.39, 0.29) is 12.6 Å². The van der Waals surface area contributed by atoms with Crippen molar-refractivity contribution in [1.29, 1.82) is 0 Å². The van der Waals surface area contributed by atoms with Gasteiger partial charge in [-0.2, -0.15) is 0 Å². The minimum Gasteiger partial charge on any atom is -0.463 e. The number of nitrogens with zero attached hydrogens (tertiary/aromatic N) is 3. The Morgan fingerprint density at radius 3 is 2.45 bits per heavy atom. The molecule has 2 aliphatic heterocycles. The number of carbonyl (C=O) groups excluding carboxylic acids is 2. The van der Waals surface area contributed by atoms with Crippen LogP contribution in [0.2, 0.25) is 5.02 Å². The van der Waals surface area contributed by atoms with Crippen molar-refractivity contribution >= 4 is 23.6 Å². The van der Waals surface area contributed by atoms with Gasteiger partial charge in [0.15, 0.2) is 0 Å². The van der Waals surface area contributed by atoms with E-state index < -0.39 is 12.0 Å². The Bertz CT molecular complexity index is 790. The Labute approximate surface area is 177 Å². The quantitative estimate of drug-likeness (QED) is 0.716. The zero-order valence-corrected chi connectivity index (χ0v) is 18.0. The Balaban J connectivity index is 1.99. The third kappa shape index (κ3) is 4.74. The van der Waals surface area contributed by atoms with Gasteiger partial charge in [0.1, 0.15) is 0 Å². The van der Waals surface area contributed by atoms with E-state index >= 15 is 0 Å². The number of hydrogen-bond acceptors (Lipinski definition) is 5. The highest BCUT2D eigenvalue weighted by molar-refractivity contribution is 6.31. The molecular formula is C21H29ClN4O3. The lowest BCUT2D eigenvalue weighted by Gasteiger charge is -2.39. The van der Waals surface area contributed by atoms with E-state index in [4.69, 9.17) is 16.3 Å². The number of amides is 2. The Kier molecular flexibility index (Phi) is 7.16. The minimum atomic E-state index is -0.640. The molecule has 2 heterocycles. The van der Waals surface area contributed by atoms with Gasteiger partial charge in [0.05, 0.1) is 18.2 Å². The number of piperazine rings is 1. The molecule has 1 aromatic carbocycles. The molecule has 0 aromatic heterocycles. The maximum atomic E-state index is 13.0. The van der Waals surface area contributed by atoms with E-state index in [1.807, 2.05) is 18.2 Å². The lowest BCUT2D eigenvalue weighted by molar-refractivity contribution is -0.139. The fraction of sp³-hybridized carbons (Fsp3) is 0.524. The first kappa shape index (κ1) is 21.6. The van der Waals surface area contributed by atoms with Gasteiger partial charge in [-0.1, -0.05) is 36.7 Å². The summed E-state index contributed by atoms with van der Waals surface area (Å²) in [5, 5.41) is 3.41. The second-order valence-electron chi connectivity index (χ2n) is 7.25. The number of likely N-dealkylation sites (N-methyl/N-ethyl adjacent to an activating group) is 2. The average Bonchev–Trinajstić information content (AvgIpc) is 2.72. The first-order valence-electron chi connectivity index (χ1n) is 10.1. The van der Waals surface area contributed by atoms with E-state index in [0.29, 0.717) is 28.4 Å². The summed E-state index contributed by atoms with van der Waals surface area (Å²) >= 11 is 6.40. The van der Waals surface area contributed by atoms with Crippen molar-refractivity contribution in [2.75, 3.05) is 52.9 Å². The highest BCUT2D eigenvalue weighted by Crippen LogP contribution is 2.34. The van der Waals surface area contributed by atoms with Crippen LogP contribution in [0, 0.1) is 0 Å². The van der Waals surface area contributed by atoms with Gasteiger partial charge in [-0.3, -0.25) is 9.80 Å². The molecule has 3 rings (SSSR count). The molecule has 0 saturated carbocycles. The normalized spacial score (nSPS) is 21.3. The second-order valence-corrected chi connectivity index (χ2v) is 7.66. The zero-order chi connectivity index (χ0) is 21.0. The first-order chi connectivity index (χ1) is 14.0. The lowest BCUT2D eigenvalue weighted by atomic mass is 9.94. The van der Waals surface area contributed by atoms with Crippen LogP contribution in [-0.4, -0.2) is 79.6 Å². The highest BCUT2D eigenvalue weighted by Gasteiger charge is 2.38. The molecule has 1 atom stereocenters. The standard InChI is InChI=1S/C21H29ClN4O3/c1-4-25-10-12-26(13-11-25)14-17-18(20(27)29-5-2)19(23-21(28)24(17)3)15-8-6-7-9-16(15)22/h6-9,19H,4-5,10-14H2,1-3H3,(H,23,28)/t19-/m1/s1. The largest absolute Gasteiger partial charge is 0.463 e. The van der Waals surface area contributed by atoms with Crippen molar-refractivity contribution < 1.29 is 14.3 Å². The predicted octanol–water partition coefficient (Wildman–Crippen LogP) is 2.49. The van der Waals surface area contributed by atoms with Gasteiger partial charge in [-0.05, 0) is 25.1 Å². The third-order valence-corrected chi connectivity index (χ3v) is 5.92. The van der Waals surface area contributed by atoms with Crippen LogP contribution in [0.4, 0.5) is 4.79 Å². The smallest absolute Gasteiger partial charge is 0.338 e. The molecule has 8 heteroatoms. The van der Waals surface area contributed by atoms with Crippen LogP contribution >= 0.6 is 11.6 Å². The molecule has 0 radical (unpaired) electrons. The molecule has 1 fully saturated rings. The molecule has 29 heavy (non-hydrogen) atoms. The maximum Gasteiger partial charge on any atom is 0.338 e. The average molecular weight is 421 g/mol. The molecule has 1 saturated heterocycles. The van der Waals surface area contributed by atoms with Crippen LogP contribution in [0.5, 0.6) is 0 Å². The van der Waals surface area contributed by atoms with Gasteiger partial charge >= 0.3 is 12.0 Å². The van der Waals surface area contributed by atoms with E-state index in [1.54, 1.807) is 20.0 Å². The number of esters is 1. The minimum absolute atomic E-state index is 0.259. The van der Waals surface area contributed by atoms with Crippen LogP contribution in [0.25, 0.3) is 0 Å². The van der Waals surface area contributed by atoms with Gasteiger partial charge in [0.25, 0.3) is 0 Å². The molecule has 0 unspecified atom stereocenters. The van der Waals surface area contributed by atoms with Crippen molar-refractivity contribution in [2.45, 2.75) is 19.9 Å². The third-order valence-electron chi connectivity index (χ3n) is 5.57. The fourth-order valence-electron chi connectivity index (χ4n) is 3.82. The molecule has 0 spiro atoms. The number of carbonyl (C=O) groups is 2. The maximum absolute atomic E-state index is 13.0. The Morgan fingerprint density at radius 2 is 1.83 bits per heavy atom. The number of urea groups is 1. The van der Waals surface area contributed by atoms with E-state index in [0.717, 1.165) is 32.7 Å². The summed E-state index contributed by atoms with van der Waals surface area (Å²) in [5.74, 6) is -0.425. The lowest BCUT2D eigenvalue weighted by Crippen LogP contribution is -2.52. The Morgan fingerprint density at radius 1 is 1.17 bits per heavy atom. The van der Waals surface area contributed by atoms with Crippen molar-refractivity contribution in [3.05, 3.63) is 46.1 Å². The molecule has 2 aliphatic rings. The summed E-state index contributed by atoms with van der Waals surface area (Å²) in [6.45, 7) is 9.46. The number of benzene rings is 1. The highest BCUT2D eigenvalue weighted by atomic mass is 35.5. The first-order valence-corrected chi connectivity index (χ1v) is 10.5. The summed E-state index contributed by atoms with van der Waals surface area (Å²) in [6.07, 6.45) is 0. The van der Waals surface area contributed by atoms with Gasteiger partial charge in [0.2, 0.25) is 0 Å². The zero-order valence-electron chi connectivity index (χ0n) is 17.3. The monoisotopic (exact) mass is 420 g/mol. The summed E-state index contributed by atoms with van der Waals surface area (Å²) in [5.41, 5.74) is 1.80.